The Hall–Kier alpha value is -3.41. The van der Waals surface area contributed by atoms with Gasteiger partial charge in [-0.2, -0.15) is 0 Å². The number of unbranched alkanes of at least 4 members (excludes halogenated alkanes) is 29. The average Bonchev–Trinajstić information content (AvgIpc) is 3.37. The third-order valence-electron chi connectivity index (χ3n) is 12.9. The van der Waals surface area contributed by atoms with Crippen molar-refractivity contribution in [1.82, 2.24) is 0 Å². The van der Waals surface area contributed by atoms with Gasteiger partial charge in [-0.25, -0.2) is 0 Å². The van der Waals surface area contributed by atoms with Crippen LogP contribution in [0.4, 0.5) is 0 Å². The predicted octanol–water partition coefficient (Wildman–Crippen LogP) is 20.3. The van der Waals surface area contributed by atoms with Gasteiger partial charge < -0.3 is 14.2 Å². The van der Waals surface area contributed by atoms with Crippen LogP contribution < -0.4 is 0 Å². The molecule has 0 N–H and O–H groups in total. The summed E-state index contributed by atoms with van der Waals surface area (Å²) in [4.78, 5) is 38.2. The van der Waals surface area contributed by atoms with Crippen LogP contribution >= 0.6 is 0 Å². The highest BCUT2D eigenvalue weighted by atomic mass is 16.6. The molecule has 0 fully saturated rings. The van der Waals surface area contributed by atoms with Crippen LogP contribution in [0.2, 0.25) is 0 Å². The second kappa shape index (κ2) is 59.2. The van der Waals surface area contributed by atoms with Crippen molar-refractivity contribution >= 4 is 17.9 Å². The molecular weight excluding hydrogens is 877 g/mol. The molecule has 1 unspecified atom stereocenters. The number of rotatable bonds is 54. The van der Waals surface area contributed by atoms with Gasteiger partial charge in [0.15, 0.2) is 6.10 Å². The molecule has 71 heavy (non-hydrogen) atoms. The summed E-state index contributed by atoms with van der Waals surface area (Å²) in [5.41, 5.74) is 0. The fourth-order valence-corrected chi connectivity index (χ4v) is 8.38. The third kappa shape index (κ3) is 57.4. The number of carbonyl (C=O) groups is 3. The minimum absolute atomic E-state index is 0.0821. The SMILES string of the molecule is CC/C=C\C/C=C\C/C=C\C/C=C\C/C=C\C/C=C\CCCCCCCCC(=O)OCC(COC(=O)CCCCCCCCCCCCCCC)OC(=O)CCCCCCC/C=C\CCCCCCCC. The maximum absolute atomic E-state index is 12.9. The van der Waals surface area contributed by atoms with E-state index in [1.54, 1.807) is 0 Å². The summed E-state index contributed by atoms with van der Waals surface area (Å²) in [5, 5.41) is 0. The lowest BCUT2D eigenvalue weighted by molar-refractivity contribution is -0.167. The van der Waals surface area contributed by atoms with Crippen molar-refractivity contribution in [2.24, 2.45) is 0 Å². The first-order valence-corrected chi connectivity index (χ1v) is 30.1. The number of carbonyl (C=O) groups excluding carboxylic acids is 3. The van der Waals surface area contributed by atoms with E-state index >= 15 is 0 Å². The second-order valence-electron chi connectivity index (χ2n) is 19.9. The van der Waals surface area contributed by atoms with E-state index < -0.39 is 6.10 Å². The molecule has 6 nitrogen and oxygen atoms in total. The highest BCUT2D eigenvalue weighted by molar-refractivity contribution is 5.71. The normalized spacial score (nSPS) is 12.7. The van der Waals surface area contributed by atoms with Crippen LogP contribution in [0.5, 0.6) is 0 Å². The molecule has 0 aromatic heterocycles. The summed E-state index contributed by atoms with van der Waals surface area (Å²) in [6.45, 7) is 6.52. The zero-order valence-electron chi connectivity index (χ0n) is 46.7. The van der Waals surface area contributed by atoms with Crippen LogP contribution in [-0.2, 0) is 28.6 Å². The maximum atomic E-state index is 12.9. The fraction of sp³-hybridized carbons (Fsp3) is 0.738. The molecule has 0 bridgehead atoms. The van der Waals surface area contributed by atoms with Crippen molar-refractivity contribution in [3.05, 3.63) is 85.1 Å². The van der Waals surface area contributed by atoms with Crippen LogP contribution in [0, 0.1) is 0 Å². The van der Waals surface area contributed by atoms with Crippen molar-refractivity contribution < 1.29 is 28.6 Å². The third-order valence-corrected chi connectivity index (χ3v) is 12.9. The zero-order chi connectivity index (χ0) is 51.4. The van der Waals surface area contributed by atoms with Gasteiger partial charge in [-0.05, 0) is 96.3 Å². The van der Waals surface area contributed by atoms with E-state index in [2.05, 4.69) is 106 Å². The van der Waals surface area contributed by atoms with Crippen LogP contribution in [0.1, 0.15) is 290 Å². The van der Waals surface area contributed by atoms with Crippen LogP contribution in [-0.4, -0.2) is 37.2 Å². The smallest absolute Gasteiger partial charge is 0.306 e. The lowest BCUT2D eigenvalue weighted by Gasteiger charge is -2.18. The van der Waals surface area contributed by atoms with Gasteiger partial charge >= 0.3 is 17.9 Å². The molecule has 0 rings (SSSR count). The minimum Gasteiger partial charge on any atom is -0.462 e. The molecule has 0 aliphatic rings. The van der Waals surface area contributed by atoms with E-state index in [4.69, 9.17) is 14.2 Å². The highest BCUT2D eigenvalue weighted by Crippen LogP contribution is 2.15. The van der Waals surface area contributed by atoms with Crippen molar-refractivity contribution in [2.45, 2.75) is 297 Å². The number of esters is 3. The summed E-state index contributed by atoms with van der Waals surface area (Å²) in [6.07, 6.45) is 77.2. The summed E-state index contributed by atoms with van der Waals surface area (Å²) in [7, 11) is 0. The summed E-state index contributed by atoms with van der Waals surface area (Å²) in [5.74, 6) is -0.897. The topological polar surface area (TPSA) is 78.9 Å². The summed E-state index contributed by atoms with van der Waals surface area (Å²) < 4.78 is 16.9. The highest BCUT2D eigenvalue weighted by Gasteiger charge is 2.19. The molecule has 0 amide bonds. The molecule has 0 aliphatic heterocycles. The van der Waals surface area contributed by atoms with Crippen LogP contribution in [0.25, 0.3) is 0 Å². The van der Waals surface area contributed by atoms with E-state index in [-0.39, 0.29) is 31.1 Å². The van der Waals surface area contributed by atoms with Crippen molar-refractivity contribution in [2.75, 3.05) is 13.2 Å². The summed E-state index contributed by atoms with van der Waals surface area (Å²) in [6, 6.07) is 0. The molecule has 1 atom stereocenters. The van der Waals surface area contributed by atoms with Crippen molar-refractivity contribution in [1.29, 1.82) is 0 Å². The Balaban J connectivity index is 4.36. The van der Waals surface area contributed by atoms with Gasteiger partial charge in [-0.3, -0.25) is 14.4 Å². The van der Waals surface area contributed by atoms with E-state index in [0.717, 1.165) is 122 Å². The minimum atomic E-state index is -0.786. The van der Waals surface area contributed by atoms with Gasteiger partial charge in [0.2, 0.25) is 0 Å². The Labute approximate surface area is 439 Å². The maximum Gasteiger partial charge on any atom is 0.306 e. The summed E-state index contributed by atoms with van der Waals surface area (Å²) >= 11 is 0. The Morgan fingerprint density at radius 3 is 0.873 bits per heavy atom. The molecule has 0 radical (unpaired) electrons. The molecule has 0 aliphatic carbocycles. The van der Waals surface area contributed by atoms with Gasteiger partial charge in [0, 0.05) is 19.3 Å². The fourth-order valence-electron chi connectivity index (χ4n) is 8.38. The van der Waals surface area contributed by atoms with Gasteiger partial charge in [0.1, 0.15) is 13.2 Å². The molecule has 0 spiro atoms. The first-order valence-electron chi connectivity index (χ1n) is 30.1. The second-order valence-corrected chi connectivity index (χ2v) is 19.9. The number of allylic oxidation sites excluding steroid dienone is 14. The number of ether oxygens (including phenoxy) is 3. The number of hydrogen-bond acceptors (Lipinski definition) is 6. The molecule has 0 saturated heterocycles. The van der Waals surface area contributed by atoms with Gasteiger partial charge in [-0.15, -0.1) is 0 Å². The quantitative estimate of drug-likeness (QED) is 0.0261. The largest absolute Gasteiger partial charge is 0.462 e. The standard InChI is InChI=1S/C65H112O6/c1-4-7-10-13-16-19-22-25-27-28-29-30-31-32-33-34-35-36-38-40-43-46-49-52-55-58-64(67)70-61-62(60-69-63(66)57-54-51-48-45-42-39-24-21-18-15-12-9-6-3)71-65(68)59-56-53-50-47-44-41-37-26-23-20-17-14-11-8-5-2/h7,10,16,19,25-27,29-30,32-33,35-37,62H,4-6,8-9,11-15,17-18,20-24,28,31,34,38-61H2,1-3H3/b10-7-,19-16-,27-25-,30-29-,33-32-,36-35-,37-26-. The van der Waals surface area contributed by atoms with E-state index in [9.17, 15) is 14.4 Å². The predicted molar refractivity (Wildman–Crippen MR) is 307 cm³/mol. The molecule has 0 aromatic rings. The molecule has 408 valence electrons. The molecule has 0 saturated carbocycles. The first-order chi connectivity index (χ1) is 35.0. The number of hydrogen-bond donors (Lipinski definition) is 0. The Kier molecular flexibility index (Phi) is 56.3. The van der Waals surface area contributed by atoms with E-state index in [1.807, 2.05) is 0 Å². The zero-order valence-corrected chi connectivity index (χ0v) is 46.7. The monoisotopic (exact) mass is 989 g/mol. The van der Waals surface area contributed by atoms with Gasteiger partial charge in [-0.1, -0.05) is 260 Å². The molecule has 0 aromatic carbocycles. The van der Waals surface area contributed by atoms with Gasteiger partial charge in [0.05, 0.1) is 0 Å². The first kappa shape index (κ1) is 67.6. The lowest BCUT2D eigenvalue weighted by atomic mass is 10.0. The van der Waals surface area contributed by atoms with Gasteiger partial charge in [0.25, 0.3) is 0 Å². The van der Waals surface area contributed by atoms with Crippen LogP contribution in [0.15, 0.2) is 85.1 Å². The molecular formula is C65H112O6. The van der Waals surface area contributed by atoms with Crippen LogP contribution in [0.3, 0.4) is 0 Å². The van der Waals surface area contributed by atoms with E-state index in [0.29, 0.717) is 19.3 Å². The van der Waals surface area contributed by atoms with Crippen molar-refractivity contribution in [3.8, 4) is 0 Å². The lowest BCUT2D eigenvalue weighted by Crippen LogP contribution is -2.30. The Morgan fingerprint density at radius 1 is 0.296 bits per heavy atom. The molecule has 6 heteroatoms. The Morgan fingerprint density at radius 2 is 0.549 bits per heavy atom. The molecule has 0 heterocycles. The Bertz CT molecular complexity index is 1370. The van der Waals surface area contributed by atoms with E-state index in [1.165, 1.54) is 128 Å². The average molecular weight is 990 g/mol. The van der Waals surface area contributed by atoms with Crippen molar-refractivity contribution in [3.63, 3.8) is 0 Å².